The maximum atomic E-state index is 12.1. The third-order valence-electron chi connectivity index (χ3n) is 1.28. The van der Waals surface area contributed by atoms with Crippen molar-refractivity contribution in [3.05, 3.63) is 28.5 Å². The molecule has 68 valence electrons. The van der Waals surface area contributed by atoms with Crippen molar-refractivity contribution in [3.8, 4) is 6.07 Å². The summed E-state index contributed by atoms with van der Waals surface area (Å²) in [6, 6.07) is 2.49. The van der Waals surface area contributed by atoms with Gasteiger partial charge < -0.3 is 0 Å². The molecule has 0 saturated carbocycles. The first-order valence-electron chi connectivity index (χ1n) is 3.08. The predicted molar refractivity (Wildman–Crippen MR) is 39.0 cm³/mol. The monoisotopic (exact) mass is 206 g/mol. The van der Waals surface area contributed by atoms with Crippen LogP contribution in [0.5, 0.6) is 0 Å². The summed E-state index contributed by atoms with van der Waals surface area (Å²) in [5.41, 5.74) is -1.89. The predicted octanol–water partition coefficient (Wildman–Crippen LogP) is 2.63. The van der Waals surface area contributed by atoms with Gasteiger partial charge in [-0.25, -0.2) is 0 Å². The lowest BCUT2D eigenvalue weighted by atomic mass is 10.2. The van der Waals surface area contributed by atoms with Crippen LogP contribution >= 0.6 is 11.6 Å². The van der Waals surface area contributed by atoms with Gasteiger partial charge in [-0.3, -0.25) is 4.98 Å². The van der Waals surface area contributed by atoms with Crippen LogP contribution in [-0.2, 0) is 6.18 Å². The number of pyridine rings is 1. The van der Waals surface area contributed by atoms with E-state index >= 15 is 0 Å². The molecule has 1 aromatic heterocycles. The van der Waals surface area contributed by atoms with Crippen molar-refractivity contribution in [1.29, 1.82) is 5.26 Å². The Hall–Kier alpha value is -1.28. The molecular weight excluding hydrogens is 205 g/mol. The van der Waals surface area contributed by atoms with E-state index in [1.54, 1.807) is 0 Å². The third kappa shape index (κ3) is 1.90. The van der Waals surface area contributed by atoms with Crippen LogP contribution in [-0.4, -0.2) is 4.98 Å². The van der Waals surface area contributed by atoms with Gasteiger partial charge >= 0.3 is 6.18 Å². The molecule has 1 rings (SSSR count). The van der Waals surface area contributed by atoms with Crippen molar-refractivity contribution < 1.29 is 13.2 Å². The molecule has 13 heavy (non-hydrogen) atoms. The lowest BCUT2D eigenvalue weighted by Crippen LogP contribution is -2.10. The van der Waals surface area contributed by atoms with Gasteiger partial charge in [0.25, 0.3) is 0 Å². The second-order valence-electron chi connectivity index (χ2n) is 2.13. The van der Waals surface area contributed by atoms with Crippen LogP contribution in [0, 0.1) is 11.3 Å². The van der Waals surface area contributed by atoms with Crippen molar-refractivity contribution in [2.24, 2.45) is 0 Å². The van der Waals surface area contributed by atoms with Gasteiger partial charge in [0.15, 0.2) is 5.69 Å². The zero-order valence-electron chi connectivity index (χ0n) is 6.06. The van der Waals surface area contributed by atoms with Crippen molar-refractivity contribution in [2.45, 2.75) is 6.18 Å². The number of hydrogen-bond donors (Lipinski definition) is 0. The zero-order valence-corrected chi connectivity index (χ0v) is 6.82. The number of aromatic nitrogens is 1. The van der Waals surface area contributed by atoms with Gasteiger partial charge in [-0.05, 0) is 6.07 Å². The highest BCUT2D eigenvalue weighted by atomic mass is 35.5. The molecule has 0 spiro atoms. The molecule has 6 heteroatoms. The van der Waals surface area contributed by atoms with E-state index < -0.39 is 17.4 Å². The van der Waals surface area contributed by atoms with Gasteiger partial charge in [0.05, 0.1) is 5.02 Å². The van der Waals surface area contributed by atoms with E-state index in [0.29, 0.717) is 0 Å². The van der Waals surface area contributed by atoms with Gasteiger partial charge in [0.1, 0.15) is 11.6 Å². The molecule has 0 aliphatic heterocycles. The van der Waals surface area contributed by atoms with E-state index in [1.165, 1.54) is 6.07 Å². The first-order valence-corrected chi connectivity index (χ1v) is 3.46. The molecule has 0 aliphatic carbocycles. The molecule has 0 aliphatic rings. The summed E-state index contributed by atoms with van der Waals surface area (Å²) in [5, 5.41) is 8.14. The molecule has 0 N–H and O–H groups in total. The summed E-state index contributed by atoms with van der Waals surface area (Å²) in [7, 11) is 0. The Morgan fingerprint density at radius 3 is 2.46 bits per heavy atom. The smallest absolute Gasteiger partial charge is 0.250 e. The SMILES string of the molecule is N#Cc1c(Cl)ccnc1C(F)(F)F. The summed E-state index contributed by atoms with van der Waals surface area (Å²) in [6.07, 6.45) is -3.73. The Morgan fingerprint density at radius 2 is 2.08 bits per heavy atom. The molecular formula is C7H2ClF3N2. The van der Waals surface area contributed by atoms with Gasteiger partial charge in [-0.1, -0.05) is 11.6 Å². The molecule has 0 atom stereocenters. The van der Waals surface area contributed by atoms with E-state index in [2.05, 4.69) is 4.98 Å². The van der Waals surface area contributed by atoms with Crippen LogP contribution in [0.15, 0.2) is 12.3 Å². The summed E-state index contributed by atoms with van der Waals surface area (Å²) < 4.78 is 36.4. The number of nitriles is 1. The quantitative estimate of drug-likeness (QED) is 0.654. The Kier molecular flexibility index (Phi) is 2.43. The topological polar surface area (TPSA) is 36.7 Å². The van der Waals surface area contributed by atoms with Crippen LogP contribution in [0.1, 0.15) is 11.3 Å². The molecule has 1 heterocycles. The van der Waals surface area contributed by atoms with Crippen LogP contribution in [0.2, 0.25) is 5.02 Å². The highest BCUT2D eigenvalue weighted by molar-refractivity contribution is 6.31. The highest BCUT2D eigenvalue weighted by Crippen LogP contribution is 2.32. The van der Waals surface area contributed by atoms with E-state index in [0.717, 1.165) is 12.3 Å². The Bertz CT molecular complexity index is 367. The fourth-order valence-corrected chi connectivity index (χ4v) is 0.948. The fourth-order valence-electron chi connectivity index (χ4n) is 0.760. The van der Waals surface area contributed by atoms with Crippen LogP contribution in [0.4, 0.5) is 13.2 Å². The molecule has 1 aromatic rings. The number of halogens is 4. The van der Waals surface area contributed by atoms with Crippen LogP contribution in [0.25, 0.3) is 0 Å². The first-order chi connectivity index (χ1) is 5.96. The van der Waals surface area contributed by atoms with Crippen molar-refractivity contribution in [3.63, 3.8) is 0 Å². The van der Waals surface area contributed by atoms with Crippen LogP contribution < -0.4 is 0 Å². The van der Waals surface area contributed by atoms with E-state index in [9.17, 15) is 13.2 Å². The van der Waals surface area contributed by atoms with Crippen molar-refractivity contribution in [2.75, 3.05) is 0 Å². The fraction of sp³-hybridized carbons (Fsp3) is 0.143. The molecule has 0 bridgehead atoms. The molecule has 0 amide bonds. The van der Waals surface area contributed by atoms with E-state index in [4.69, 9.17) is 16.9 Å². The maximum Gasteiger partial charge on any atom is 0.434 e. The standard InChI is InChI=1S/C7H2ClF3N2/c8-5-1-2-13-6(4(5)3-12)7(9,10)11/h1-2H. The molecule has 2 nitrogen and oxygen atoms in total. The van der Waals surface area contributed by atoms with Crippen LogP contribution in [0.3, 0.4) is 0 Å². The average Bonchev–Trinajstić information content (AvgIpc) is 2.02. The lowest BCUT2D eigenvalue weighted by Gasteiger charge is -2.07. The summed E-state index contributed by atoms with van der Waals surface area (Å²) in [4.78, 5) is 3.05. The number of alkyl halides is 3. The summed E-state index contributed by atoms with van der Waals surface area (Å²) in [5.74, 6) is 0. The highest BCUT2D eigenvalue weighted by Gasteiger charge is 2.36. The molecule has 0 fully saturated rings. The zero-order chi connectivity index (χ0) is 10.1. The van der Waals surface area contributed by atoms with Crippen molar-refractivity contribution in [1.82, 2.24) is 4.98 Å². The summed E-state index contributed by atoms with van der Waals surface area (Å²) >= 11 is 5.37. The Labute approximate surface area is 76.6 Å². The lowest BCUT2D eigenvalue weighted by molar-refractivity contribution is -0.141. The van der Waals surface area contributed by atoms with Gasteiger partial charge in [0, 0.05) is 6.20 Å². The first kappa shape index (κ1) is 9.81. The average molecular weight is 207 g/mol. The Balaban J connectivity index is 3.40. The minimum absolute atomic E-state index is 0.246. The Morgan fingerprint density at radius 1 is 1.46 bits per heavy atom. The number of nitrogens with zero attached hydrogens (tertiary/aromatic N) is 2. The second kappa shape index (κ2) is 3.23. The summed E-state index contributed by atoms with van der Waals surface area (Å²) in [6.45, 7) is 0. The largest absolute Gasteiger partial charge is 0.434 e. The number of hydrogen-bond acceptors (Lipinski definition) is 2. The molecule has 0 saturated heterocycles. The second-order valence-corrected chi connectivity index (χ2v) is 2.53. The van der Waals surface area contributed by atoms with E-state index in [-0.39, 0.29) is 5.02 Å². The van der Waals surface area contributed by atoms with Gasteiger partial charge in [-0.15, -0.1) is 0 Å². The maximum absolute atomic E-state index is 12.1. The van der Waals surface area contributed by atoms with Gasteiger partial charge in [-0.2, -0.15) is 18.4 Å². The van der Waals surface area contributed by atoms with E-state index in [1.807, 2.05) is 0 Å². The minimum Gasteiger partial charge on any atom is -0.250 e. The number of rotatable bonds is 0. The molecule has 0 aromatic carbocycles. The third-order valence-corrected chi connectivity index (χ3v) is 1.60. The minimum atomic E-state index is -4.64. The molecule has 0 radical (unpaired) electrons. The van der Waals surface area contributed by atoms with Crippen molar-refractivity contribution >= 4 is 11.6 Å². The molecule has 0 unspecified atom stereocenters. The normalized spacial score (nSPS) is 11.0. The van der Waals surface area contributed by atoms with Gasteiger partial charge in [0.2, 0.25) is 0 Å².